The Kier molecular flexibility index (Phi) is 8.95. The topological polar surface area (TPSA) is 53.6 Å². The largest absolute Gasteiger partial charge is 0.401 e. The number of halogens is 4. The predicted molar refractivity (Wildman–Crippen MR) is 97.1 cm³/mol. The summed E-state index contributed by atoms with van der Waals surface area (Å²) in [7, 11) is 0. The lowest BCUT2D eigenvalue weighted by atomic mass is 10.1. The molecule has 0 spiro atoms. The third-order valence-electron chi connectivity index (χ3n) is 4.50. The molecule has 1 aliphatic carbocycles. The summed E-state index contributed by atoms with van der Waals surface area (Å²) in [6.07, 6.45) is 3.91. The smallest absolute Gasteiger partial charge is 0.370 e. The van der Waals surface area contributed by atoms with Crippen LogP contribution in [-0.4, -0.2) is 49.3 Å². The summed E-state index contributed by atoms with van der Waals surface area (Å²) in [6.45, 7) is 0.651. The van der Waals surface area contributed by atoms with E-state index in [1.54, 1.807) is 0 Å². The van der Waals surface area contributed by atoms with E-state index in [1.165, 1.54) is 30.6 Å². The number of hydrogen-bond acceptors (Lipinski definition) is 2. The van der Waals surface area contributed by atoms with E-state index in [4.69, 9.17) is 5.73 Å². The number of likely N-dealkylation sites (tertiary alicyclic amines) is 1. The molecule has 2 rings (SSSR count). The van der Waals surface area contributed by atoms with Gasteiger partial charge < -0.3 is 11.1 Å². The average molecular weight is 448 g/mol. The van der Waals surface area contributed by atoms with Crippen LogP contribution in [-0.2, 0) is 0 Å². The lowest BCUT2D eigenvalue weighted by Gasteiger charge is -2.18. The minimum absolute atomic E-state index is 0. The molecule has 1 aliphatic heterocycles. The first kappa shape index (κ1) is 20.8. The maximum absolute atomic E-state index is 12.3. The number of hydrogen-bond donors (Lipinski definition) is 2. The summed E-state index contributed by atoms with van der Waals surface area (Å²) < 4.78 is 37.0. The second kappa shape index (κ2) is 9.90. The van der Waals surface area contributed by atoms with Crippen molar-refractivity contribution < 1.29 is 13.2 Å². The standard InChI is InChI=1S/C15H27F3N4.HI/c16-15(17,18)11-22-8-7-12(10-22)9-20-14(19)21-13-5-3-1-2-4-6-13;/h12-13H,1-11H2,(H3,19,20,21);1H. The Labute approximate surface area is 153 Å². The van der Waals surface area contributed by atoms with E-state index in [1.807, 2.05) is 0 Å². The van der Waals surface area contributed by atoms with Crippen LogP contribution in [0.2, 0.25) is 0 Å². The molecule has 1 atom stereocenters. The third-order valence-corrected chi connectivity index (χ3v) is 4.50. The highest BCUT2D eigenvalue weighted by molar-refractivity contribution is 14.0. The van der Waals surface area contributed by atoms with Crippen LogP contribution in [0.3, 0.4) is 0 Å². The van der Waals surface area contributed by atoms with Gasteiger partial charge in [-0.05, 0) is 31.7 Å². The molecule has 1 saturated heterocycles. The SMILES string of the molecule is I.NC(=NCC1CCN(CC(F)(F)F)C1)NC1CCCCCC1. The van der Waals surface area contributed by atoms with Crippen LogP contribution in [0.4, 0.5) is 13.2 Å². The van der Waals surface area contributed by atoms with E-state index < -0.39 is 12.7 Å². The quantitative estimate of drug-likeness (QED) is 0.301. The molecule has 1 heterocycles. The third kappa shape index (κ3) is 8.42. The summed E-state index contributed by atoms with van der Waals surface area (Å²) in [5.74, 6) is 0.623. The van der Waals surface area contributed by atoms with E-state index in [9.17, 15) is 13.2 Å². The van der Waals surface area contributed by atoms with Crippen LogP contribution in [0.5, 0.6) is 0 Å². The van der Waals surface area contributed by atoms with Crippen molar-refractivity contribution in [2.24, 2.45) is 16.6 Å². The minimum Gasteiger partial charge on any atom is -0.370 e. The van der Waals surface area contributed by atoms with Gasteiger partial charge in [-0.3, -0.25) is 9.89 Å². The van der Waals surface area contributed by atoms with Gasteiger partial charge in [0.05, 0.1) is 6.54 Å². The molecule has 1 unspecified atom stereocenters. The van der Waals surface area contributed by atoms with Gasteiger partial charge >= 0.3 is 6.18 Å². The number of alkyl halides is 3. The first-order valence-corrected chi connectivity index (χ1v) is 8.28. The number of aliphatic imine (C=N–C) groups is 1. The molecule has 3 N–H and O–H groups in total. The van der Waals surface area contributed by atoms with Gasteiger partial charge in [0.25, 0.3) is 0 Å². The van der Waals surface area contributed by atoms with Gasteiger partial charge in [0.1, 0.15) is 0 Å². The van der Waals surface area contributed by atoms with Gasteiger partial charge in [0.2, 0.25) is 0 Å². The van der Waals surface area contributed by atoms with Crippen molar-refractivity contribution in [2.45, 2.75) is 57.2 Å². The summed E-state index contributed by atoms with van der Waals surface area (Å²) in [5, 5.41) is 3.27. The van der Waals surface area contributed by atoms with Gasteiger partial charge in [-0.1, -0.05) is 25.7 Å². The average Bonchev–Trinajstić information content (AvgIpc) is 2.68. The monoisotopic (exact) mass is 448 g/mol. The van der Waals surface area contributed by atoms with Crippen molar-refractivity contribution in [2.75, 3.05) is 26.2 Å². The summed E-state index contributed by atoms with van der Waals surface area (Å²) in [4.78, 5) is 5.79. The molecule has 0 aromatic rings. The van der Waals surface area contributed by atoms with Gasteiger partial charge in [-0.25, -0.2) is 0 Å². The molecular formula is C15H28F3IN4. The maximum atomic E-state index is 12.3. The molecule has 2 aliphatic rings. The lowest BCUT2D eigenvalue weighted by Crippen LogP contribution is -2.40. The van der Waals surface area contributed by atoms with E-state index in [0.29, 0.717) is 31.6 Å². The first-order valence-electron chi connectivity index (χ1n) is 8.28. The van der Waals surface area contributed by atoms with E-state index in [0.717, 1.165) is 19.3 Å². The molecule has 0 aromatic heterocycles. The van der Waals surface area contributed by atoms with Crippen molar-refractivity contribution in [1.29, 1.82) is 0 Å². The van der Waals surface area contributed by atoms with Crippen LogP contribution >= 0.6 is 24.0 Å². The Balaban J connectivity index is 0.00000264. The fourth-order valence-corrected chi connectivity index (χ4v) is 3.36. The Morgan fingerprint density at radius 2 is 1.78 bits per heavy atom. The van der Waals surface area contributed by atoms with Crippen molar-refractivity contribution in [3.8, 4) is 0 Å². The predicted octanol–water partition coefficient (Wildman–Crippen LogP) is 3.12. The highest BCUT2D eigenvalue weighted by Crippen LogP contribution is 2.23. The van der Waals surface area contributed by atoms with E-state index in [2.05, 4.69) is 10.3 Å². The van der Waals surface area contributed by atoms with Crippen LogP contribution < -0.4 is 11.1 Å². The molecule has 2 fully saturated rings. The van der Waals surface area contributed by atoms with E-state index in [-0.39, 0.29) is 29.9 Å². The molecule has 8 heteroatoms. The number of nitrogens with zero attached hydrogens (tertiary/aromatic N) is 2. The zero-order valence-electron chi connectivity index (χ0n) is 13.4. The van der Waals surface area contributed by atoms with Crippen LogP contribution in [0.25, 0.3) is 0 Å². The normalized spacial score (nSPS) is 25.0. The van der Waals surface area contributed by atoms with Gasteiger partial charge in [0.15, 0.2) is 5.96 Å². The second-order valence-corrected chi connectivity index (χ2v) is 6.56. The van der Waals surface area contributed by atoms with Crippen molar-refractivity contribution in [3.05, 3.63) is 0 Å². The highest BCUT2D eigenvalue weighted by Gasteiger charge is 2.34. The number of guanidine groups is 1. The fraction of sp³-hybridized carbons (Fsp3) is 0.933. The van der Waals surface area contributed by atoms with Crippen molar-refractivity contribution >= 4 is 29.9 Å². The lowest BCUT2D eigenvalue weighted by molar-refractivity contribution is -0.143. The zero-order chi connectivity index (χ0) is 16.0. The molecule has 0 amide bonds. The molecule has 0 aromatic carbocycles. The number of nitrogens with two attached hydrogens (primary N) is 1. The first-order chi connectivity index (χ1) is 10.4. The highest BCUT2D eigenvalue weighted by atomic mass is 127. The minimum atomic E-state index is -4.11. The van der Waals surface area contributed by atoms with Crippen LogP contribution in [0.15, 0.2) is 4.99 Å². The van der Waals surface area contributed by atoms with Gasteiger partial charge in [-0.15, -0.1) is 24.0 Å². The molecule has 0 bridgehead atoms. The Morgan fingerprint density at radius 1 is 1.13 bits per heavy atom. The van der Waals surface area contributed by atoms with Gasteiger partial charge in [-0.2, -0.15) is 13.2 Å². The Bertz CT molecular complexity index is 368. The molecule has 136 valence electrons. The van der Waals surface area contributed by atoms with Crippen molar-refractivity contribution in [1.82, 2.24) is 10.2 Å². The summed E-state index contributed by atoms with van der Waals surface area (Å²) in [6, 6.07) is 0.400. The van der Waals surface area contributed by atoms with Crippen molar-refractivity contribution in [3.63, 3.8) is 0 Å². The molecule has 0 radical (unpaired) electrons. The fourth-order valence-electron chi connectivity index (χ4n) is 3.36. The summed E-state index contributed by atoms with van der Waals surface area (Å²) >= 11 is 0. The molecular weight excluding hydrogens is 420 g/mol. The number of nitrogens with one attached hydrogen (secondary N) is 1. The number of rotatable bonds is 4. The van der Waals surface area contributed by atoms with Gasteiger partial charge in [0, 0.05) is 19.1 Å². The van der Waals surface area contributed by atoms with Crippen LogP contribution in [0.1, 0.15) is 44.9 Å². The maximum Gasteiger partial charge on any atom is 0.401 e. The molecule has 1 saturated carbocycles. The molecule has 4 nitrogen and oxygen atoms in total. The zero-order valence-corrected chi connectivity index (χ0v) is 15.8. The van der Waals surface area contributed by atoms with E-state index >= 15 is 0 Å². The summed E-state index contributed by atoms with van der Waals surface area (Å²) in [5.41, 5.74) is 5.92. The van der Waals surface area contributed by atoms with Crippen LogP contribution in [0, 0.1) is 5.92 Å². The second-order valence-electron chi connectivity index (χ2n) is 6.56. The Morgan fingerprint density at radius 3 is 2.39 bits per heavy atom. The molecule has 23 heavy (non-hydrogen) atoms. The Hall–Kier alpha value is -0.250.